The molecule has 1 atom stereocenters. The molecule has 0 spiro atoms. The second-order valence-electron chi connectivity index (χ2n) is 4.71. The van der Waals surface area contributed by atoms with Gasteiger partial charge in [-0.3, -0.25) is 0 Å². The lowest BCUT2D eigenvalue weighted by molar-refractivity contribution is 0.409. The van der Waals surface area contributed by atoms with Crippen molar-refractivity contribution in [3.63, 3.8) is 0 Å². The number of rotatable bonds is 6. The number of hydrogen-bond acceptors (Lipinski definition) is 3. The van der Waals surface area contributed by atoms with Gasteiger partial charge in [0.15, 0.2) is 0 Å². The molecule has 0 saturated carbocycles. The average molecular weight is 419 g/mol. The first kappa shape index (κ1) is 16.0. The molecule has 0 fully saturated rings. The molecular weight excluding hydrogens is 402 g/mol. The lowest BCUT2D eigenvalue weighted by atomic mass is 10.1. The van der Waals surface area contributed by atoms with E-state index in [2.05, 4.69) is 73.1 Å². The van der Waals surface area contributed by atoms with Crippen molar-refractivity contribution in [1.82, 2.24) is 5.32 Å². The Labute approximate surface area is 140 Å². The minimum absolute atomic E-state index is 0.448. The first-order valence-corrected chi connectivity index (χ1v) is 8.89. The van der Waals surface area contributed by atoms with Crippen LogP contribution >= 0.6 is 43.2 Å². The van der Waals surface area contributed by atoms with Gasteiger partial charge in [-0.15, -0.1) is 0 Å². The highest BCUT2D eigenvalue weighted by Gasteiger charge is 2.09. The van der Waals surface area contributed by atoms with Crippen LogP contribution in [0.15, 0.2) is 37.9 Å². The molecule has 0 bridgehead atoms. The van der Waals surface area contributed by atoms with Gasteiger partial charge in [0.25, 0.3) is 0 Å². The molecule has 2 rings (SSSR count). The summed E-state index contributed by atoms with van der Waals surface area (Å²) in [6.45, 7) is 3.05. The maximum atomic E-state index is 5.31. The lowest BCUT2D eigenvalue weighted by Gasteiger charge is -2.14. The first-order chi connectivity index (χ1) is 9.60. The molecule has 2 nitrogen and oxygen atoms in total. The Hall–Kier alpha value is -0.360. The number of thiophene rings is 1. The summed E-state index contributed by atoms with van der Waals surface area (Å²) in [6.07, 6.45) is 1.06. The predicted molar refractivity (Wildman–Crippen MR) is 92.7 cm³/mol. The summed E-state index contributed by atoms with van der Waals surface area (Å²) in [5, 5.41) is 7.88. The maximum Gasteiger partial charge on any atom is 0.147 e. The zero-order chi connectivity index (χ0) is 14.5. The zero-order valence-electron chi connectivity index (χ0n) is 11.5. The van der Waals surface area contributed by atoms with Crippen molar-refractivity contribution >= 4 is 43.2 Å². The molecule has 20 heavy (non-hydrogen) atoms. The molecule has 0 amide bonds. The van der Waals surface area contributed by atoms with Crippen molar-refractivity contribution in [1.29, 1.82) is 0 Å². The summed E-state index contributed by atoms with van der Waals surface area (Å²) in [5.74, 6) is 0.833. The number of ether oxygens (including phenoxy) is 1. The molecule has 1 heterocycles. The minimum atomic E-state index is 0.448. The zero-order valence-corrected chi connectivity index (χ0v) is 15.4. The van der Waals surface area contributed by atoms with Crippen LogP contribution < -0.4 is 10.1 Å². The van der Waals surface area contributed by atoms with Gasteiger partial charge in [0.1, 0.15) is 5.75 Å². The Morgan fingerprint density at radius 1 is 1.25 bits per heavy atom. The van der Waals surface area contributed by atoms with E-state index in [0.29, 0.717) is 6.04 Å². The fourth-order valence-corrected chi connectivity index (χ4v) is 4.32. The van der Waals surface area contributed by atoms with Gasteiger partial charge < -0.3 is 10.1 Å². The van der Waals surface area contributed by atoms with E-state index in [9.17, 15) is 0 Å². The largest absolute Gasteiger partial charge is 0.494 e. The molecule has 0 radical (unpaired) electrons. The van der Waals surface area contributed by atoms with Crippen molar-refractivity contribution in [3.8, 4) is 5.75 Å². The fourth-order valence-electron chi connectivity index (χ4n) is 2.04. The van der Waals surface area contributed by atoms with Crippen LogP contribution in [0.4, 0.5) is 0 Å². The van der Waals surface area contributed by atoms with Crippen LogP contribution in [0, 0.1) is 0 Å². The van der Waals surface area contributed by atoms with Crippen molar-refractivity contribution in [3.05, 3.63) is 49.0 Å². The Kier molecular flexibility index (Phi) is 6.08. The standard InChI is InChI=1S/C15H17Br2NOS/c1-10(5-11-3-4-20-9-11)18-8-12-6-13(16)15(19-2)14(17)7-12/h3-4,6-7,9-10,18H,5,8H2,1-2H3. The Morgan fingerprint density at radius 3 is 2.50 bits per heavy atom. The second kappa shape index (κ2) is 7.59. The maximum absolute atomic E-state index is 5.31. The molecule has 5 heteroatoms. The Balaban J connectivity index is 1.93. The topological polar surface area (TPSA) is 21.3 Å². The summed E-state index contributed by atoms with van der Waals surface area (Å²) in [4.78, 5) is 0. The molecule has 0 aliphatic carbocycles. The average Bonchev–Trinajstić information content (AvgIpc) is 2.89. The molecule has 0 saturated heterocycles. The summed E-state index contributed by atoms with van der Waals surface area (Å²) in [5.41, 5.74) is 2.62. The van der Waals surface area contributed by atoms with E-state index in [-0.39, 0.29) is 0 Å². The van der Waals surface area contributed by atoms with Gasteiger partial charge in [0.05, 0.1) is 16.1 Å². The van der Waals surface area contributed by atoms with Crippen LogP contribution in [0.5, 0.6) is 5.75 Å². The molecule has 1 unspecified atom stereocenters. The molecule has 1 aromatic heterocycles. The van der Waals surface area contributed by atoms with Crippen LogP contribution in [0.3, 0.4) is 0 Å². The van der Waals surface area contributed by atoms with Crippen LogP contribution in [-0.2, 0) is 13.0 Å². The third-order valence-corrected chi connectivity index (χ3v) is 4.95. The van der Waals surface area contributed by atoms with E-state index in [1.807, 2.05) is 0 Å². The van der Waals surface area contributed by atoms with Gasteiger partial charge in [0.2, 0.25) is 0 Å². The molecule has 2 aromatic rings. The summed E-state index contributed by atoms with van der Waals surface area (Å²) in [7, 11) is 1.67. The normalized spacial score (nSPS) is 12.4. The van der Waals surface area contributed by atoms with Crippen LogP contribution in [0.2, 0.25) is 0 Å². The van der Waals surface area contributed by atoms with E-state index in [4.69, 9.17) is 4.74 Å². The van der Waals surface area contributed by atoms with Gasteiger partial charge >= 0.3 is 0 Å². The van der Waals surface area contributed by atoms with Crippen LogP contribution in [-0.4, -0.2) is 13.2 Å². The Morgan fingerprint density at radius 2 is 1.95 bits per heavy atom. The van der Waals surface area contributed by atoms with E-state index in [1.54, 1.807) is 18.4 Å². The smallest absolute Gasteiger partial charge is 0.147 e. The number of methoxy groups -OCH3 is 1. The summed E-state index contributed by atoms with van der Waals surface area (Å²) >= 11 is 8.81. The predicted octanol–water partition coefficient (Wildman–Crippen LogP) is 5.00. The molecular formula is C15H17Br2NOS. The number of benzene rings is 1. The highest BCUT2D eigenvalue weighted by molar-refractivity contribution is 9.11. The summed E-state index contributed by atoms with van der Waals surface area (Å²) in [6, 6.07) is 6.81. The van der Waals surface area contributed by atoms with E-state index >= 15 is 0 Å². The van der Waals surface area contributed by atoms with Crippen molar-refractivity contribution in [2.75, 3.05) is 7.11 Å². The van der Waals surface area contributed by atoms with Crippen LogP contribution in [0.25, 0.3) is 0 Å². The fraction of sp³-hybridized carbons (Fsp3) is 0.333. The number of nitrogens with one attached hydrogen (secondary N) is 1. The molecule has 0 aliphatic rings. The SMILES string of the molecule is COc1c(Br)cc(CNC(C)Cc2ccsc2)cc1Br. The molecule has 1 aromatic carbocycles. The van der Waals surface area contributed by atoms with Gasteiger partial charge in [-0.25, -0.2) is 0 Å². The van der Waals surface area contributed by atoms with E-state index in [1.165, 1.54) is 11.1 Å². The third kappa shape index (κ3) is 4.32. The highest BCUT2D eigenvalue weighted by atomic mass is 79.9. The Bertz CT molecular complexity index is 534. The second-order valence-corrected chi connectivity index (χ2v) is 7.20. The van der Waals surface area contributed by atoms with E-state index < -0.39 is 0 Å². The monoisotopic (exact) mass is 417 g/mol. The van der Waals surface area contributed by atoms with Crippen molar-refractivity contribution in [2.24, 2.45) is 0 Å². The van der Waals surface area contributed by atoms with Gasteiger partial charge in [-0.2, -0.15) is 11.3 Å². The van der Waals surface area contributed by atoms with Crippen molar-refractivity contribution < 1.29 is 4.74 Å². The van der Waals surface area contributed by atoms with Crippen molar-refractivity contribution in [2.45, 2.75) is 25.9 Å². The quantitative estimate of drug-likeness (QED) is 0.712. The minimum Gasteiger partial charge on any atom is -0.494 e. The van der Waals surface area contributed by atoms with Gasteiger partial charge in [0, 0.05) is 12.6 Å². The molecule has 0 aliphatic heterocycles. The lowest BCUT2D eigenvalue weighted by Crippen LogP contribution is -2.27. The molecule has 1 N–H and O–H groups in total. The third-order valence-electron chi connectivity index (χ3n) is 3.04. The number of hydrogen-bond donors (Lipinski definition) is 1. The first-order valence-electron chi connectivity index (χ1n) is 6.36. The van der Waals surface area contributed by atoms with E-state index in [0.717, 1.165) is 27.7 Å². The van der Waals surface area contributed by atoms with Gasteiger partial charge in [-0.1, -0.05) is 0 Å². The van der Waals surface area contributed by atoms with Gasteiger partial charge in [-0.05, 0) is 85.3 Å². The highest BCUT2D eigenvalue weighted by Crippen LogP contribution is 2.34. The molecule has 108 valence electrons. The number of halogens is 2. The van der Waals surface area contributed by atoms with Crippen LogP contribution in [0.1, 0.15) is 18.1 Å². The summed E-state index contributed by atoms with van der Waals surface area (Å²) < 4.78 is 7.25.